The Balaban J connectivity index is 0.00000192. The Bertz CT molecular complexity index is 801. The second kappa shape index (κ2) is 7.36. The highest BCUT2D eigenvalue weighted by Gasteiger charge is 2.08. The van der Waals surface area contributed by atoms with Crippen LogP contribution in [0.1, 0.15) is 16.8 Å². The van der Waals surface area contributed by atoms with Crippen molar-refractivity contribution in [2.45, 2.75) is 20.4 Å². The van der Waals surface area contributed by atoms with Crippen LogP contribution in [0.5, 0.6) is 0 Å². The topological polar surface area (TPSA) is 51.8 Å². The molecular formula is C19H20ClN3. The van der Waals surface area contributed by atoms with Crippen LogP contribution < -0.4 is 5.73 Å². The fourth-order valence-corrected chi connectivity index (χ4v) is 2.37. The van der Waals surface area contributed by atoms with Crippen LogP contribution in [0.15, 0.2) is 54.6 Å². The lowest BCUT2D eigenvalue weighted by Gasteiger charge is -2.09. The van der Waals surface area contributed by atoms with Gasteiger partial charge >= 0.3 is 0 Å². The molecule has 0 aliphatic rings. The highest BCUT2D eigenvalue weighted by molar-refractivity contribution is 5.85. The number of nitrogens with zero attached hydrogens (tertiary/aromatic N) is 2. The van der Waals surface area contributed by atoms with Crippen molar-refractivity contribution in [1.29, 1.82) is 0 Å². The van der Waals surface area contributed by atoms with Gasteiger partial charge in [-0.25, -0.2) is 9.97 Å². The third-order valence-corrected chi connectivity index (χ3v) is 3.82. The van der Waals surface area contributed by atoms with E-state index < -0.39 is 0 Å². The number of aromatic nitrogens is 2. The van der Waals surface area contributed by atoms with Gasteiger partial charge in [0.15, 0.2) is 5.82 Å². The summed E-state index contributed by atoms with van der Waals surface area (Å²) in [5.41, 5.74) is 12.2. The normalized spacial score (nSPS) is 10.2. The molecule has 0 radical (unpaired) electrons. The van der Waals surface area contributed by atoms with Crippen LogP contribution in [-0.4, -0.2) is 9.97 Å². The largest absolute Gasteiger partial charge is 0.325 e. The average molecular weight is 326 g/mol. The number of aryl methyl sites for hydroxylation is 2. The van der Waals surface area contributed by atoms with E-state index in [0.717, 1.165) is 28.3 Å². The molecule has 2 aromatic carbocycles. The third kappa shape index (κ3) is 3.76. The van der Waals surface area contributed by atoms with Crippen LogP contribution in [0.4, 0.5) is 0 Å². The molecule has 0 aliphatic carbocycles. The van der Waals surface area contributed by atoms with Gasteiger partial charge in [-0.2, -0.15) is 0 Å². The summed E-state index contributed by atoms with van der Waals surface area (Å²) in [4.78, 5) is 9.28. The van der Waals surface area contributed by atoms with E-state index in [1.807, 2.05) is 36.4 Å². The Hall–Kier alpha value is -2.23. The molecule has 4 heteroatoms. The van der Waals surface area contributed by atoms with Crippen molar-refractivity contribution in [3.05, 3.63) is 71.4 Å². The van der Waals surface area contributed by atoms with E-state index >= 15 is 0 Å². The van der Waals surface area contributed by atoms with Crippen molar-refractivity contribution in [1.82, 2.24) is 9.97 Å². The van der Waals surface area contributed by atoms with Crippen LogP contribution in [0.25, 0.3) is 22.6 Å². The minimum absolute atomic E-state index is 0. The molecule has 0 fully saturated rings. The molecule has 2 N–H and O–H groups in total. The van der Waals surface area contributed by atoms with Gasteiger partial charge < -0.3 is 5.73 Å². The molecule has 118 valence electrons. The van der Waals surface area contributed by atoms with Gasteiger partial charge in [0, 0.05) is 17.7 Å². The van der Waals surface area contributed by atoms with Crippen LogP contribution in [0.2, 0.25) is 0 Å². The molecule has 0 bridgehead atoms. The number of benzene rings is 2. The van der Waals surface area contributed by atoms with E-state index in [0.29, 0.717) is 6.54 Å². The lowest BCUT2D eigenvalue weighted by molar-refractivity contribution is 0.971. The maximum absolute atomic E-state index is 5.81. The number of halogens is 1. The SMILES string of the molecule is Cc1ccc(-c2cc(CN)nc(-c3ccccc3)n2)cc1C.Cl. The molecule has 0 unspecified atom stereocenters. The number of hydrogen-bond donors (Lipinski definition) is 1. The zero-order valence-corrected chi connectivity index (χ0v) is 14.1. The molecule has 3 rings (SSSR count). The third-order valence-electron chi connectivity index (χ3n) is 3.82. The molecule has 3 nitrogen and oxygen atoms in total. The Morgan fingerprint density at radius 3 is 2.22 bits per heavy atom. The fraction of sp³-hybridized carbons (Fsp3) is 0.158. The first-order chi connectivity index (χ1) is 10.7. The van der Waals surface area contributed by atoms with E-state index in [9.17, 15) is 0 Å². The van der Waals surface area contributed by atoms with Crippen molar-refractivity contribution in [2.24, 2.45) is 5.73 Å². The predicted octanol–water partition coefficient (Wildman–Crippen LogP) is 4.31. The Morgan fingerprint density at radius 2 is 1.57 bits per heavy atom. The van der Waals surface area contributed by atoms with Gasteiger partial charge in [0.25, 0.3) is 0 Å². The average Bonchev–Trinajstić information content (AvgIpc) is 2.57. The highest BCUT2D eigenvalue weighted by atomic mass is 35.5. The van der Waals surface area contributed by atoms with Crippen molar-refractivity contribution in [3.8, 4) is 22.6 Å². The van der Waals surface area contributed by atoms with E-state index in [1.54, 1.807) is 0 Å². The molecule has 0 aliphatic heterocycles. The van der Waals surface area contributed by atoms with Gasteiger partial charge in [-0.05, 0) is 37.1 Å². The Kier molecular flexibility index (Phi) is 5.48. The first-order valence-corrected chi connectivity index (χ1v) is 7.38. The molecule has 3 aromatic rings. The van der Waals surface area contributed by atoms with E-state index in [-0.39, 0.29) is 12.4 Å². The Morgan fingerprint density at radius 1 is 0.826 bits per heavy atom. The summed E-state index contributed by atoms with van der Waals surface area (Å²) in [6, 6.07) is 18.3. The smallest absolute Gasteiger partial charge is 0.160 e. The molecule has 23 heavy (non-hydrogen) atoms. The monoisotopic (exact) mass is 325 g/mol. The molecule has 1 aromatic heterocycles. The molecular weight excluding hydrogens is 306 g/mol. The minimum atomic E-state index is 0. The van der Waals surface area contributed by atoms with Crippen molar-refractivity contribution >= 4 is 12.4 Å². The molecule has 1 heterocycles. The standard InChI is InChI=1S/C19H19N3.ClH/c1-13-8-9-16(10-14(13)2)18-11-17(12-20)21-19(22-18)15-6-4-3-5-7-15;/h3-11H,12,20H2,1-2H3;1H. The summed E-state index contributed by atoms with van der Waals surface area (Å²) in [5.74, 6) is 0.719. The quantitative estimate of drug-likeness (QED) is 0.780. The first-order valence-electron chi connectivity index (χ1n) is 7.38. The van der Waals surface area contributed by atoms with Gasteiger partial charge in [-0.1, -0.05) is 42.5 Å². The number of nitrogens with two attached hydrogens (primary N) is 1. The van der Waals surface area contributed by atoms with Crippen molar-refractivity contribution in [2.75, 3.05) is 0 Å². The Labute approximate surface area is 143 Å². The van der Waals surface area contributed by atoms with Gasteiger partial charge in [-0.15, -0.1) is 12.4 Å². The first kappa shape index (κ1) is 17.1. The summed E-state index contributed by atoms with van der Waals surface area (Å²) in [6.45, 7) is 4.63. The minimum Gasteiger partial charge on any atom is -0.325 e. The second-order valence-corrected chi connectivity index (χ2v) is 5.44. The fourth-order valence-electron chi connectivity index (χ4n) is 2.37. The van der Waals surface area contributed by atoms with Crippen LogP contribution in [0.3, 0.4) is 0 Å². The molecule has 0 saturated heterocycles. The van der Waals surface area contributed by atoms with Crippen LogP contribution in [-0.2, 0) is 6.54 Å². The van der Waals surface area contributed by atoms with E-state index in [4.69, 9.17) is 10.7 Å². The van der Waals surface area contributed by atoms with Gasteiger partial charge in [0.1, 0.15) is 0 Å². The second-order valence-electron chi connectivity index (χ2n) is 5.44. The predicted molar refractivity (Wildman–Crippen MR) is 97.5 cm³/mol. The number of rotatable bonds is 3. The summed E-state index contributed by atoms with van der Waals surface area (Å²) >= 11 is 0. The lowest BCUT2D eigenvalue weighted by Crippen LogP contribution is -2.03. The molecule has 0 spiro atoms. The van der Waals surface area contributed by atoms with Crippen LogP contribution in [0, 0.1) is 13.8 Å². The van der Waals surface area contributed by atoms with Gasteiger partial charge in [-0.3, -0.25) is 0 Å². The van der Waals surface area contributed by atoms with Crippen molar-refractivity contribution < 1.29 is 0 Å². The van der Waals surface area contributed by atoms with Gasteiger partial charge in [0.2, 0.25) is 0 Å². The highest BCUT2D eigenvalue weighted by Crippen LogP contribution is 2.24. The molecule has 0 atom stereocenters. The molecule has 0 amide bonds. The van der Waals surface area contributed by atoms with E-state index in [1.165, 1.54) is 11.1 Å². The zero-order chi connectivity index (χ0) is 15.5. The van der Waals surface area contributed by atoms with Crippen molar-refractivity contribution in [3.63, 3.8) is 0 Å². The van der Waals surface area contributed by atoms with E-state index in [2.05, 4.69) is 37.0 Å². The number of hydrogen-bond acceptors (Lipinski definition) is 3. The summed E-state index contributed by atoms with van der Waals surface area (Å²) < 4.78 is 0. The summed E-state index contributed by atoms with van der Waals surface area (Å²) in [6.07, 6.45) is 0. The summed E-state index contributed by atoms with van der Waals surface area (Å²) in [7, 11) is 0. The zero-order valence-electron chi connectivity index (χ0n) is 13.3. The molecule has 0 saturated carbocycles. The summed E-state index contributed by atoms with van der Waals surface area (Å²) in [5, 5.41) is 0. The lowest BCUT2D eigenvalue weighted by atomic mass is 10.0. The van der Waals surface area contributed by atoms with Crippen LogP contribution >= 0.6 is 12.4 Å². The maximum Gasteiger partial charge on any atom is 0.160 e. The maximum atomic E-state index is 5.81. The van der Waals surface area contributed by atoms with Gasteiger partial charge in [0.05, 0.1) is 11.4 Å².